The van der Waals surface area contributed by atoms with Crippen LogP contribution in [-0.2, 0) is 21.1 Å². The summed E-state index contributed by atoms with van der Waals surface area (Å²) in [6.45, 7) is 0. The second-order valence-electron chi connectivity index (χ2n) is 3.18. The molecule has 0 amide bonds. The van der Waals surface area contributed by atoms with Crippen LogP contribution in [0.25, 0.3) is 21.8 Å². The fourth-order valence-electron chi connectivity index (χ4n) is 1.71. The average Bonchev–Trinajstić information content (AvgIpc) is 2.67. The van der Waals surface area contributed by atoms with Gasteiger partial charge in [-0.15, -0.1) is 11.5 Å². The van der Waals surface area contributed by atoms with Crippen LogP contribution in [0.15, 0.2) is 35.3 Å². The SMILES string of the molecule is O=c1[nH]c2ccccc2c2[c-]c[nH]c12.[W]. The Labute approximate surface area is 99.8 Å². The maximum Gasteiger partial charge on any atom is 0.215 e. The fourth-order valence-corrected chi connectivity index (χ4v) is 1.71. The summed E-state index contributed by atoms with van der Waals surface area (Å²) in [7, 11) is 0. The number of pyridine rings is 1. The Hall–Kier alpha value is -1.34. The van der Waals surface area contributed by atoms with Crippen molar-refractivity contribution in [3.05, 3.63) is 46.9 Å². The first kappa shape index (κ1) is 10.2. The quantitative estimate of drug-likeness (QED) is 0.586. The molecule has 4 heteroatoms. The maximum atomic E-state index is 11.5. The van der Waals surface area contributed by atoms with E-state index in [0.717, 1.165) is 16.3 Å². The first-order chi connectivity index (χ1) is 6.86. The molecule has 0 spiro atoms. The zero-order chi connectivity index (χ0) is 9.54. The maximum absolute atomic E-state index is 11.5. The molecule has 74 valence electrons. The normalized spacial score (nSPS) is 10.4. The van der Waals surface area contributed by atoms with Crippen LogP contribution in [0.2, 0.25) is 0 Å². The van der Waals surface area contributed by atoms with E-state index >= 15 is 0 Å². The van der Waals surface area contributed by atoms with Crippen molar-refractivity contribution in [1.82, 2.24) is 9.97 Å². The van der Waals surface area contributed by atoms with Crippen molar-refractivity contribution in [2.24, 2.45) is 0 Å². The third kappa shape index (κ3) is 1.43. The molecule has 3 rings (SSSR count). The van der Waals surface area contributed by atoms with Gasteiger partial charge in [0.2, 0.25) is 5.56 Å². The summed E-state index contributed by atoms with van der Waals surface area (Å²) in [5.41, 5.74) is 1.34. The number of nitrogens with one attached hydrogen (secondary N) is 2. The molecule has 0 aliphatic carbocycles. The molecule has 15 heavy (non-hydrogen) atoms. The van der Waals surface area contributed by atoms with Crippen molar-refractivity contribution < 1.29 is 21.1 Å². The number of para-hydroxylation sites is 1. The number of rotatable bonds is 0. The van der Waals surface area contributed by atoms with Crippen LogP contribution in [0.3, 0.4) is 0 Å². The number of fused-ring (bicyclic) bond motifs is 3. The Morgan fingerprint density at radius 1 is 1.20 bits per heavy atom. The molecule has 0 bridgehead atoms. The van der Waals surface area contributed by atoms with Gasteiger partial charge in [0.15, 0.2) is 0 Å². The van der Waals surface area contributed by atoms with Crippen molar-refractivity contribution in [3.63, 3.8) is 0 Å². The van der Waals surface area contributed by atoms with Gasteiger partial charge in [-0.25, -0.2) is 0 Å². The Balaban J connectivity index is 0.000000853. The number of aromatic nitrogens is 2. The van der Waals surface area contributed by atoms with Gasteiger partial charge in [-0.1, -0.05) is 24.4 Å². The topological polar surface area (TPSA) is 48.6 Å². The molecule has 0 radical (unpaired) electrons. The van der Waals surface area contributed by atoms with E-state index in [0.29, 0.717) is 5.52 Å². The van der Waals surface area contributed by atoms with Crippen molar-refractivity contribution in [3.8, 4) is 0 Å². The van der Waals surface area contributed by atoms with Crippen molar-refractivity contribution in [1.29, 1.82) is 0 Å². The number of hydrogen-bond donors (Lipinski definition) is 2. The molecule has 3 nitrogen and oxygen atoms in total. The van der Waals surface area contributed by atoms with Crippen molar-refractivity contribution >= 4 is 21.8 Å². The van der Waals surface area contributed by atoms with Gasteiger partial charge in [0.1, 0.15) is 0 Å². The zero-order valence-corrected chi connectivity index (χ0v) is 10.6. The van der Waals surface area contributed by atoms with E-state index in [2.05, 4.69) is 16.0 Å². The summed E-state index contributed by atoms with van der Waals surface area (Å²) in [5, 5.41) is 1.87. The number of H-pyrrole nitrogens is 2. The third-order valence-electron chi connectivity index (χ3n) is 2.35. The monoisotopic (exact) mass is 367 g/mol. The van der Waals surface area contributed by atoms with Gasteiger partial charge in [0, 0.05) is 21.1 Å². The minimum absolute atomic E-state index is 0. The molecule has 0 unspecified atom stereocenters. The Bertz CT molecular complexity index is 669. The van der Waals surface area contributed by atoms with E-state index in [9.17, 15) is 4.79 Å². The van der Waals surface area contributed by atoms with Crippen molar-refractivity contribution in [2.45, 2.75) is 0 Å². The molecule has 0 fully saturated rings. The smallest absolute Gasteiger partial charge is 0.215 e. The first-order valence-electron chi connectivity index (χ1n) is 4.36. The van der Waals surface area contributed by atoms with E-state index in [1.807, 2.05) is 24.3 Å². The molecule has 2 N–H and O–H groups in total. The molecule has 1 aromatic carbocycles. The van der Waals surface area contributed by atoms with E-state index < -0.39 is 0 Å². The zero-order valence-electron chi connectivity index (χ0n) is 7.70. The first-order valence-corrected chi connectivity index (χ1v) is 4.36. The predicted molar refractivity (Wildman–Crippen MR) is 55.3 cm³/mol. The van der Waals surface area contributed by atoms with Gasteiger partial charge in [-0.05, 0) is 11.0 Å². The van der Waals surface area contributed by atoms with Crippen LogP contribution < -0.4 is 5.56 Å². The van der Waals surface area contributed by atoms with E-state index in [-0.39, 0.29) is 26.6 Å². The second kappa shape index (κ2) is 3.67. The molecule has 0 saturated carbocycles. The van der Waals surface area contributed by atoms with Crippen molar-refractivity contribution in [2.75, 3.05) is 0 Å². The van der Waals surface area contributed by atoms with Gasteiger partial charge >= 0.3 is 0 Å². The summed E-state index contributed by atoms with van der Waals surface area (Å²) >= 11 is 0. The minimum Gasteiger partial charge on any atom is -0.420 e. The molecule has 2 aromatic heterocycles. The fraction of sp³-hybridized carbons (Fsp3) is 0. The van der Waals surface area contributed by atoms with E-state index in [1.54, 1.807) is 6.20 Å². The molecule has 3 aromatic rings. The summed E-state index contributed by atoms with van der Waals surface area (Å²) in [4.78, 5) is 17.2. The van der Waals surface area contributed by atoms with Gasteiger partial charge in [0.05, 0.1) is 0 Å². The van der Waals surface area contributed by atoms with Crippen LogP contribution in [-0.4, -0.2) is 9.97 Å². The molecule has 0 aliphatic heterocycles. The summed E-state index contributed by atoms with van der Waals surface area (Å²) in [6, 6.07) is 10.7. The number of aromatic amines is 2. The second-order valence-corrected chi connectivity index (χ2v) is 3.18. The standard InChI is InChI=1S/C11H7N2O.W/c14-11-10-8(5-6-12-10)7-3-1-2-4-9(7)13-11;/h1-4,6,12H,(H,13,14);/q-1;. The number of hydrogen-bond acceptors (Lipinski definition) is 1. The van der Waals surface area contributed by atoms with Gasteiger partial charge in [0.25, 0.3) is 0 Å². The van der Waals surface area contributed by atoms with Crippen LogP contribution >= 0.6 is 0 Å². The molecular weight excluding hydrogens is 360 g/mol. The number of benzene rings is 1. The molecular formula is C11H7N2OW-. The molecule has 0 saturated heterocycles. The summed E-state index contributed by atoms with van der Waals surface area (Å²) < 4.78 is 0. The van der Waals surface area contributed by atoms with E-state index in [4.69, 9.17) is 0 Å². The largest absolute Gasteiger partial charge is 0.420 e. The Morgan fingerprint density at radius 2 is 2.00 bits per heavy atom. The van der Waals surface area contributed by atoms with Crippen LogP contribution in [0.4, 0.5) is 0 Å². The molecule has 2 heterocycles. The van der Waals surface area contributed by atoms with Crippen LogP contribution in [0.1, 0.15) is 0 Å². The summed E-state index contributed by atoms with van der Waals surface area (Å²) in [6.07, 6.45) is 1.66. The Morgan fingerprint density at radius 3 is 2.87 bits per heavy atom. The van der Waals surface area contributed by atoms with Gasteiger partial charge in [-0.2, -0.15) is 11.5 Å². The molecule has 0 atom stereocenters. The molecule has 0 aliphatic rings. The van der Waals surface area contributed by atoms with Crippen LogP contribution in [0, 0.1) is 6.07 Å². The Kier molecular flexibility index (Phi) is 2.49. The predicted octanol–water partition coefficient (Wildman–Crippen LogP) is 1.81. The third-order valence-corrected chi connectivity index (χ3v) is 2.35. The summed E-state index contributed by atoms with van der Waals surface area (Å²) in [5.74, 6) is 0. The van der Waals surface area contributed by atoms with Crippen LogP contribution in [0.5, 0.6) is 0 Å². The average molecular weight is 367 g/mol. The van der Waals surface area contributed by atoms with Gasteiger partial charge in [-0.3, -0.25) is 4.79 Å². The van der Waals surface area contributed by atoms with Gasteiger partial charge < -0.3 is 9.97 Å². The minimum atomic E-state index is -0.0973. The van der Waals surface area contributed by atoms with E-state index in [1.165, 1.54) is 0 Å².